The molecule has 2 aromatic rings. The van der Waals surface area contributed by atoms with Gasteiger partial charge in [0.1, 0.15) is 0 Å². The molecule has 21 heavy (non-hydrogen) atoms. The SMILES string of the molecule is O=C(O)/C=C\c1c[nH]cn1.O=C(O)/C=C\c1c[nH]cn1.[Mn]. The number of nitrogens with zero attached hydrogens (tertiary/aromatic N) is 2. The first-order valence-electron chi connectivity index (χ1n) is 5.37. The topological polar surface area (TPSA) is 132 Å². The van der Waals surface area contributed by atoms with Crippen LogP contribution in [0.5, 0.6) is 0 Å². The summed E-state index contributed by atoms with van der Waals surface area (Å²) >= 11 is 0. The van der Waals surface area contributed by atoms with Crippen LogP contribution in [0.4, 0.5) is 0 Å². The Morgan fingerprint density at radius 3 is 1.52 bits per heavy atom. The van der Waals surface area contributed by atoms with Crippen molar-refractivity contribution in [2.24, 2.45) is 0 Å². The average molecular weight is 331 g/mol. The molecular weight excluding hydrogens is 319 g/mol. The number of carbonyl (C=O) groups is 2. The molecule has 0 atom stereocenters. The number of aromatic amines is 2. The van der Waals surface area contributed by atoms with Gasteiger partial charge in [0.25, 0.3) is 0 Å². The van der Waals surface area contributed by atoms with Crippen LogP contribution in [0.25, 0.3) is 12.2 Å². The smallest absolute Gasteiger partial charge is 0.328 e. The maximum Gasteiger partial charge on any atom is 0.328 e. The van der Waals surface area contributed by atoms with Crippen molar-refractivity contribution in [3.05, 3.63) is 48.6 Å². The molecule has 0 saturated carbocycles. The second-order valence-electron chi connectivity index (χ2n) is 3.33. The molecule has 2 rings (SSSR count). The molecule has 0 amide bonds. The van der Waals surface area contributed by atoms with Gasteiger partial charge in [-0.15, -0.1) is 0 Å². The number of hydrogen-bond acceptors (Lipinski definition) is 4. The molecule has 8 nitrogen and oxygen atoms in total. The van der Waals surface area contributed by atoms with Gasteiger partial charge in [0.2, 0.25) is 0 Å². The summed E-state index contributed by atoms with van der Waals surface area (Å²) in [6, 6.07) is 0. The summed E-state index contributed by atoms with van der Waals surface area (Å²) in [4.78, 5) is 32.9. The number of imidazole rings is 2. The van der Waals surface area contributed by atoms with E-state index in [1.54, 1.807) is 12.4 Å². The van der Waals surface area contributed by atoms with E-state index in [0.29, 0.717) is 11.4 Å². The fourth-order valence-electron chi connectivity index (χ4n) is 1.04. The summed E-state index contributed by atoms with van der Waals surface area (Å²) in [6.45, 7) is 0. The van der Waals surface area contributed by atoms with E-state index < -0.39 is 11.9 Å². The molecule has 0 spiro atoms. The summed E-state index contributed by atoms with van der Waals surface area (Å²) in [5.74, 6) is -1.94. The van der Waals surface area contributed by atoms with E-state index in [1.807, 2.05) is 0 Å². The van der Waals surface area contributed by atoms with Gasteiger partial charge in [-0.05, 0) is 12.2 Å². The molecule has 0 aliphatic rings. The van der Waals surface area contributed by atoms with E-state index >= 15 is 0 Å². The number of hydrogen-bond donors (Lipinski definition) is 4. The number of rotatable bonds is 4. The molecular formula is C12H12MnN4O4. The molecule has 0 aliphatic carbocycles. The van der Waals surface area contributed by atoms with Crippen LogP contribution in [0.2, 0.25) is 0 Å². The number of nitrogens with one attached hydrogen (secondary N) is 2. The Hall–Kier alpha value is -2.64. The maximum atomic E-state index is 9.97. The monoisotopic (exact) mass is 331 g/mol. The standard InChI is InChI=1S/2C6H6N2O2.Mn/c2*9-6(10)2-1-5-3-7-4-8-5;/h2*1-4H,(H,7,8)(H,9,10);/b2*2-1-;. The predicted molar refractivity (Wildman–Crippen MR) is 70.5 cm³/mol. The van der Waals surface area contributed by atoms with Gasteiger partial charge in [-0.3, -0.25) is 0 Å². The molecule has 111 valence electrons. The first kappa shape index (κ1) is 18.4. The number of carboxylic acid groups (broad SMARTS) is 2. The molecule has 9 heteroatoms. The minimum Gasteiger partial charge on any atom is -0.478 e. The quantitative estimate of drug-likeness (QED) is 0.488. The Labute approximate surface area is 130 Å². The van der Waals surface area contributed by atoms with Crippen LogP contribution in [-0.4, -0.2) is 42.1 Å². The van der Waals surface area contributed by atoms with E-state index in [-0.39, 0.29) is 17.1 Å². The van der Waals surface area contributed by atoms with Crippen LogP contribution in [0.15, 0.2) is 37.2 Å². The molecule has 1 radical (unpaired) electrons. The Bertz CT molecular complexity index is 537. The molecule has 4 N–H and O–H groups in total. The molecule has 0 unspecified atom stereocenters. The van der Waals surface area contributed by atoms with Gasteiger partial charge in [0.05, 0.1) is 24.0 Å². The fourth-order valence-corrected chi connectivity index (χ4v) is 1.04. The van der Waals surface area contributed by atoms with Crippen molar-refractivity contribution >= 4 is 24.1 Å². The van der Waals surface area contributed by atoms with E-state index in [2.05, 4.69) is 19.9 Å². The van der Waals surface area contributed by atoms with Gasteiger partial charge < -0.3 is 20.2 Å². The predicted octanol–water partition coefficient (Wildman–Crippen LogP) is 1.01. The molecule has 0 saturated heterocycles. The molecule has 2 heterocycles. The number of aliphatic carboxylic acids is 2. The van der Waals surface area contributed by atoms with E-state index in [9.17, 15) is 9.59 Å². The summed E-state index contributed by atoms with van der Waals surface area (Å²) in [5.41, 5.74) is 1.23. The summed E-state index contributed by atoms with van der Waals surface area (Å²) in [6.07, 6.45) is 11.1. The zero-order chi connectivity index (χ0) is 14.8. The zero-order valence-corrected chi connectivity index (χ0v) is 11.8. The van der Waals surface area contributed by atoms with Crippen molar-refractivity contribution in [3.8, 4) is 0 Å². The van der Waals surface area contributed by atoms with Crippen molar-refractivity contribution in [2.45, 2.75) is 0 Å². The Morgan fingerprint density at radius 2 is 1.29 bits per heavy atom. The van der Waals surface area contributed by atoms with Crippen molar-refractivity contribution in [1.29, 1.82) is 0 Å². The molecule has 0 bridgehead atoms. The number of H-pyrrole nitrogens is 2. The Balaban J connectivity index is 0.000000364. The van der Waals surface area contributed by atoms with Gasteiger partial charge in [-0.2, -0.15) is 0 Å². The summed E-state index contributed by atoms with van der Waals surface area (Å²) in [5, 5.41) is 16.4. The van der Waals surface area contributed by atoms with Crippen molar-refractivity contribution < 1.29 is 36.9 Å². The summed E-state index contributed by atoms with van der Waals surface area (Å²) < 4.78 is 0. The van der Waals surface area contributed by atoms with E-state index in [0.717, 1.165) is 12.2 Å². The van der Waals surface area contributed by atoms with E-state index in [4.69, 9.17) is 10.2 Å². The number of aromatic nitrogens is 4. The first-order valence-corrected chi connectivity index (χ1v) is 5.37. The molecule has 0 aliphatic heterocycles. The minimum absolute atomic E-state index is 0. The Kier molecular flexibility index (Phi) is 8.90. The van der Waals surface area contributed by atoms with Gasteiger partial charge in [-0.1, -0.05) is 0 Å². The third-order valence-electron chi connectivity index (χ3n) is 1.83. The number of carboxylic acids is 2. The summed E-state index contributed by atoms with van der Waals surface area (Å²) in [7, 11) is 0. The van der Waals surface area contributed by atoms with Gasteiger partial charge in [0, 0.05) is 41.6 Å². The van der Waals surface area contributed by atoms with Crippen LogP contribution < -0.4 is 0 Å². The minimum atomic E-state index is -0.969. The van der Waals surface area contributed by atoms with Crippen molar-refractivity contribution in [2.75, 3.05) is 0 Å². The fraction of sp³-hybridized carbons (Fsp3) is 0. The van der Waals surface area contributed by atoms with Crippen molar-refractivity contribution in [3.63, 3.8) is 0 Å². The van der Waals surface area contributed by atoms with Gasteiger partial charge in [0.15, 0.2) is 0 Å². The van der Waals surface area contributed by atoms with Gasteiger partial charge in [-0.25, -0.2) is 19.6 Å². The zero-order valence-electron chi connectivity index (χ0n) is 10.6. The maximum absolute atomic E-state index is 9.97. The Morgan fingerprint density at radius 1 is 0.905 bits per heavy atom. The third kappa shape index (κ3) is 8.98. The van der Waals surface area contributed by atoms with Crippen LogP contribution in [-0.2, 0) is 26.7 Å². The average Bonchev–Trinajstić information content (AvgIpc) is 3.08. The normalized spacial score (nSPS) is 9.90. The van der Waals surface area contributed by atoms with Crippen molar-refractivity contribution in [1.82, 2.24) is 19.9 Å². The second kappa shape index (κ2) is 10.2. The molecule has 2 aromatic heterocycles. The molecule has 0 aromatic carbocycles. The van der Waals surface area contributed by atoms with Crippen LogP contribution in [0, 0.1) is 0 Å². The van der Waals surface area contributed by atoms with E-state index in [1.165, 1.54) is 24.8 Å². The first-order chi connectivity index (χ1) is 9.58. The van der Waals surface area contributed by atoms with Crippen LogP contribution >= 0.6 is 0 Å². The largest absolute Gasteiger partial charge is 0.478 e. The van der Waals surface area contributed by atoms with Crippen LogP contribution in [0.1, 0.15) is 11.4 Å². The van der Waals surface area contributed by atoms with Crippen LogP contribution in [0.3, 0.4) is 0 Å². The third-order valence-corrected chi connectivity index (χ3v) is 1.83. The van der Waals surface area contributed by atoms with Gasteiger partial charge >= 0.3 is 11.9 Å². The molecule has 0 fully saturated rings. The second-order valence-corrected chi connectivity index (χ2v) is 3.33.